The van der Waals surface area contributed by atoms with Crippen LogP contribution in [0.3, 0.4) is 0 Å². The SMILES string of the molecule is Cl.O=C(Cc1ccc([C@H]2CNCCO2)c(Cl)c1)c1cnn(-c2cncc(C(F)(F)F)n2)c1. The number of benzene rings is 1. The highest BCUT2D eigenvalue weighted by molar-refractivity contribution is 6.31. The van der Waals surface area contributed by atoms with E-state index in [1.807, 2.05) is 6.07 Å². The molecule has 1 aliphatic rings. The van der Waals surface area contributed by atoms with Gasteiger partial charge in [-0.15, -0.1) is 12.4 Å². The van der Waals surface area contributed by atoms with Gasteiger partial charge in [0.15, 0.2) is 17.3 Å². The predicted molar refractivity (Wildman–Crippen MR) is 112 cm³/mol. The first-order valence-electron chi connectivity index (χ1n) is 9.39. The number of morpholine rings is 1. The number of nitrogens with zero attached hydrogens (tertiary/aromatic N) is 4. The minimum absolute atomic E-state index is 0. The number of aromatic nitrogens is 4. The van der Waals surface area contributed by atoms with Crippen molar-refractivity contribution in [3.8, 4) is 5.82 Å². The van der Waals surface area contributed by atoms with Crippen LogP contribution in [-0.4, -0.2) is 45.2 Å². The molecule has 3 heterocycles. The summed E-state index contributed by atoms with van der Waals surface area (Å²) >= 11 is 6.39. The van der Waals surface area contributed by atoms with Gasteiger partial charge >= 0.3 is 6.18 Å². The summed E-state index contributed by atoms with van der Waals surface area (Å²) in [7, 11) is 0. The van der Waals surface area contributed by atoms with Crippen LogP contribution in [0.4, 0.5) is 13.2 Å². The van der Waals surface area contributed by atoms with Crippen LogP contribution in [0.25, 0.3) is 5.82 Å². The number of ether oxygens (including phenoxy) is 1. The standard InChI is InChI=1S/C20H17ClF3N5O2.ClH/c21-15-5-12(1-2-14(15)17-8-25-3-4-31-17)6-16(30)13-7-27-29(11-13)19-10-26-9-18(28-19)20(22,23)24;/h1-2,5,7,9-11,17,25H,3-4,6,8H2;1H/t17-;/m1./s1. The van der Waals surface area contributed by atoms with Gasteiger partial charge in [0.25, 0.3) is 0 Å². The molecule has 1 saturated heterocycles. The molecule has 170 valence electrons. The van der Waals surface area contributed by atoms with E-state index in [1.165, 1.54) is 12.4 Å². The zero-order valence-corrected chi connectivity index (χ0v) is 18.0. The van der Waals surface area contributed by atoms with Crippen molar-refractivity contribution in [2.75, 3.05) is 19.7 Å². The normalized spacial score (nSPS) is 16.4. The maximum Gasteiger partial charge on any atom is 0.434 e. The lowest BCUT2D eigenvalue weighted by molar-refractivity contribution is -0.141. The topological polar surface area (TPSA) is 81.9 Å². The molecule has 2 aromatic heterocycles. The van der Waals surface area contributed by atoms with E-state index in [9.17, 15) is 18.0 Å². The maximum atomic E-state index is 12.8. The number of nitrogens with one attached hydrogen (secondary N) is 1. The Balaban J connectivity index is 0.00000289. The van der Waals surface area contributed by atoms with Crippen LogP contribution >= 0.6 is 24.0 Å². The van der Waals surface area contributed by atoms with Crippen LogP contribution < -0.4 is 5.32 Å². The molecule has 0 radical (unpaired) electrons. The fourth-order valence-electron chi connectivity index (χ4n) is 3.19. The number of hydrogen-bond acceptors (Lipinski definition) is 6. The van der Waals surface area contributed by atoms with Crippen LogP contribution in [0.1, 0.15) is 33.3 Å². The molecule has 32 heavy (non-hydrogen) atoms. The van der Waals surface area contributed by atoms with E-state index < -0.39 is 11.9 Å². The molecule has 1 aliphatic heterocycles. The van der Waals surface area contributed by atoms with E-state index in [1.54, 1.807) is 12.1 Å². The first-order chi connectivity index (χ1) is 14.8. The summed E-state index contributed by atoms with van der Waals surface area (Å²) in [6.07, 6.45) is -0.343. The van der Waals surface area contributed by atoms with Crippen molar-refractivity contribution in [1.82, 2.24) is 25.1 Å². The average molecular weight is 488 g/mol. The predicted octanol–water partition coefficient (Wildman–Crippen LogP) is 3.84. The Kier molecular flexibility index (Phi) is 7.50. The second-order valence-corrected chi connectivity index (χ2v) is 7.36. The lowest BCUT2D eigenvalue weighted by Crippen LogP contribution is -2.33. The molecule has 1 aromatic carbocycles. The molecule has 0 spiro atoms. The van der Waals surface area contributed by atoms with E-state index in [0.29, 0.717) is 29.9 Å². The van der Waals surface area contributed by atoms with Gasteiger partial charge in [0, 0.05) is 36.3 Å². The molecule has 3 aromatic rings. The van der Waals surface area contributed by atoms with Crippen molar-refractivity contribution in [3.05, 3.63) is 70.4 Å². The number of ketones is 1. The first-order valence-corrected chi connectivity index (χ1v) is 9.77. The van der Waals surface area contributed by atoms with E-state index in [-0.39, 0.29) is 42.1 Å². The Morgan fingerprint density at radius 1 is 1.28 bits per heavy atom. The van der Waals surface area contributed by atoms with Crippen LogP contribution in [0, 0.1) is 0 Å². The molecule has 1 atom stereocenters. The molecule has 0 bridgehead atoms. The molecule has 1 fully saturated rings. The van der Waals surface area contributed by atoms with Gasteiger partial charge in [-0.05, 0) is 11.6 Å². The molecule has 4 rings (SSSR count). The van der Waals surface area contributed by atoms with Crippen LogP contribution in [0.15, 0.2) is 43.0 Å². The monoisotopic (exact) mass is 487 g/mol. The Bertz CT molecular complexity index is 1100. The lowest BCUT2D eigenvalue weighted by Gasteiger charge is -2.24. The Hall–Kier alpha value is -2.53. The smallest absolute Gasteiger partial charge is 0.371 e. The summed E-state index contributed by atoms with van der Waals surface area (Å²) in [4.78, 5) is 19.7. The minimum Gasteiger partial charge on any atom is -0.371 e. The van der Waals surface area contributed by atoms with Gasteiger partial charge in [0.05, 0.1) is 36.9 Å². The van der Waals surface area contributed by atoms with Crippen LogP contribution in [-0.2, 0) is 17.3 Å². The fourth-order valence-corrected chi connectivity index (χ4v) is 3.51. The number of hydrogen-bond donors (Lipinski definition) is 1. The highest BCUT2D eigenvalue weighted by Crippen LogP contribution is 2.29. The lowest BCUT2D eigenvalue weighted by atomic mass is 10.0. The summed E-state index contributed by atoms with van der Waals surface area (Å²) in [6, 6.07) is 5.36. The highest BCUT2D eigenvalue weighted by atomic mass is 35.5. The highest BCUT2D eigenvalue weighted by Gasteiger charge is 2.33. The number of rotatable bonds is 5. The Labute approximate surface area is 192 Å². The molecule has 0 unspecified atom stereocenters. The maximum absolute atomic E-state index is 12.8. The zero-order valence-electron chi connectivity index (χ0n) is 16.5. The van der Waals surface area contributed by atoms with Gasteiger partial charge in [-0.1, -0.05) is 23.7 Å². The van der Waals surface area contributed by atoms with E-state index in [2.05, 4.69) is 20.4 Å². The average Bonchev–Trinajstić information content (AvgIpc) is 3.25. The number of Topliss-reactive ketones (excluding diaryl/α,β-unsaturated/α-hetero) is 1. The van der Waals surface area contributed by atoms with Gasteiger partial charge in [0.2, 0.25) is 0 Å². The van der Waals surface area contributed by atoms with Crippen molar-refractivity contribution in [1.29, 1.82) is 0 Å². The van der Waals surface area contributed by atoms with E-state index >= 15 is 0 Å². The Morgan fingerprint density at radius 3 is 2.78 bits per heavy atom. The number of halogens is 5. The molecule has 12 heteroatoms. The molecular formula is C20H18Cl2F3N5O2. The van der Waals surface area contributed by atoms with Gasteiger partial charge in [0.1, 0.15) is 0 Å². The molecule has 0 aliphatic carbocycles. The van der Waals surface area contributed by atoms with Gasteiger partial charge < -0.3 is 10.1 Å². The van der Waals surface area contributed by atoms with Crippen LogP contribution in [0.5, 0.6) is 0 Å². The number of carbonyl (C=O) groups is 1. The second kappa shape index (κ2) is 9.95. The third-order valence-electron chi connectivity index (χ3n) is 4.76. The van der Waals surface area contributed by atoms with Gasteiger partial charge in [-0.2, -0.15) is 18.3 Å². The summed E-state index contributed by atoms with van der Waals surface area (Å²) in [6.45, 7) is 2.05. The molecule has 1 N–H and O–H groups in total. The summed E-state index contributed by atoms with van der Waals surface area (Å²) in [5, 5.41) is 7.69. The van der Waals surface area contributed by atoms with Gasteiger partial charge in [-0.3, -0.25) is 9.78 Å². The quantitative estimate of drug-likeness (QED) is 0.550. The molecule has 7 nitrogen and oxygen atoms in total. The largest absolute Gasteiger partial charge is 0.434 e. The summed E-state index contributed by atoms with van der Waals surface area (Å²) < 4.78 is 45.3. The molecular weight excluding hydrogens is 470 g/mol. The summed E-state index contributed by atoms with van der Waals surface area (Å²) in [5.41, 5.74) is 0.648. The minimum atomic E-state index is -4.63. The van der Waals surface area contributed by atoms with Crippen molar-refractivity contribution < 1.29 is 22.7 Å². The Morgan fingerprint density at radius 2 is 2.09 bits per heavy atom. The fraction of sp³-hybridized carbons (Fsp3) is 0.300. The second-order valence-electron chi connectivity index (χ2n) is 6.95. The number of alkyl halides is 3. The van der Waals surface area contributed by atoms with Gasteiger partial charge in [-0.25, -0.2) is 9.67 Å². The third-order valence-corrected chi connectivity index (χ3v) is 5.08. The van der Waals surface area contributed by atoms with E-state index in [0.717, 1.165) is 23.0 Å². The van der Waals surface area contributed by atoms with Crippen molar-refractivity contribution in [3.63, 3.8) is 0 Å². The third kappa shape index (κ3) is 5.44. The van der Waals surface area contributed by atoms with Crippen molar-refractivity contribution >= 4 is 29.8 Å². The zero-order chi connectivity index (χ0) is 22.0. The molecule has 0 amide bonds. The number of carbonyl (C=O) groups excluding carboxylic acids is 1. The van der Waals surface area contributed by atoms with Crippen molar-refractivity contribution in [2.45, 2.75) is 18.7 Å². The first kappa shape index (κ1) is 24.1. The van der Waals surface area contributed by atoms with Crippen LogP contribution in [0.2, 0.25) is 5.02 Å². The van der Waals surface area contributed by atoms with Crippen molar-refractivity contribution in [2.24, 2.45) is 0 Å². The molecule has 0 saturated carbocycles. The van der Waals surface area contributed by atoms with E-state index in [4.69, 9.17) is 16.3 Å². The summed E-state index contributed by atoms with van der Waals surface area (Å²) in [5.74, 6) is -0.395.